The van der Waals surface area contributed by atoms with Crippen molar-refractivity contribution >= 4 is 11.9 Å². The number of nitrogens with zero attached hydrogens (tertiary/aromatic N) is 2. The van der Waals surface area contributed by atoms with Gasteiger partial charge in [0.2, 0.25) is 6.10 Å². The Morgan fingerprint density at radius 2 is 2.24 bits per heavy atom. The first-order valence-corrected chi connectivity index (χ1v) is 7.01. The smallest absolute Gasteiger partial charge is 0.359 e. The molecule has 0 bridgehead atoms. The highest BCUT2D eigenvalue weighted by Crippen LogP contribution is 2.18. The average molecular weight is 294 g/mol. The van der Waals surface area contributed by atoms with E-state index >= 15 is 0 Å². The molecule has 0 aliphatic carbocycles. The summed E-state index contributed by atoms with van der Waals surface area (Å²) in [6.45, 7) is 4.17. The van der Waals surface area contributed by atoms with Crippen molar-refractivity contribution in [3.8, 4) is 0 Å². The van der Waals surface area contributed by atoms with Gasteiger partial charge in [0.1, 0.15) is 6.10 Å². The average Bonchev–Trinajstić information content (AvgIpc) is 2.76. The Balaban J connectivity index is 2.08. The molecule has 1 aromatic rings. The summed E-state index contributed by atoms with van der Waals surface area (Å²) in [6.07, 6.45) is 0.874. The Morgan fingerprint density at radius 1 is 1.48 bits per heavy atom. The van der Waals surface area contributed by atoms with Crippen molar-refractivity contribution in [1.29, 1.82) is 0 Å². The van der Waals surface area contributed by atoms with E-state index in [-0.39, 0.29) is 17.4 Å². The minimum absolute atomic E-state index is 0.0121. The molecule has 0 amide bonds. The third-order valence-electron chi connectivity index (χ3n) is 3.17. The van der Waals surface area contributed by atoms with Gasteiger partial charge >= 0.3 is 11.9 Å². The summed E-state index contributed by atoms with van der Waals surface area (Å²) in [4.78, 5) is 35.0. The topological polar surface area (TPSA) is 87.5 Å². The molecule has 0 unspecified atom stereocenters. The Morgan fingerprint density at radius 3 is 2.86 bits per heavy atom. The summed E-state index contributed by atoms with van der Waals surface area (Å²) in [7, 11) is 0. The number of carbonyl (C=O) groups is 2. The fraction of sp³-hybridized carbons (Fsp3) is 0.571. The summed E-state index contributed by atoms with van der Waals surface area (Å²) in [6, 6.07) is 2.58. The lowest BCUT2D eigenvalue weighted by atomic mass is 10.2. The number of esters is 2. The standard InChI is InChI=1S/C14H18N2O5/c1-3-4-7-16-12(17)6-5-10(15-16)13(18)21-11-8-9(2)20-14(11)19/h5-6,9,11H,3-4,7-8H2,1-2H3/t9-,11+/m0/s1. The zero-order valence-electron chi connectivity index (χ0n) is 12.1. The zero-order chi connectivity index (χ0) is 15.4. The molecular formula is C14H18N2O5. The molecule has 0 aromatic carbocycles. The molecule has 7 nitrogen and oxygen atoms in total. The lowest BCUT2D eigenvalue weighted by Gasteiger charge is -2.09. The quantitative estimate of drug-likeness (QED) is 0.750. The van der Waals surface area contributed by atoms with Gasteiger partial charge in [-0.05, 0) is 19.4 Å². The van der Waals surface area contributed by atoms with E-state index in [1.165, 1.54) is 16.8 Å². The highest BCUT2D eigenvalue weighted by Gasteiger charge is 2.35. The number of cyclic esters (lactones) is 1. The molecule has 1 fully saturated rings. The number of ether oxygens (including phenoxy) is 2. The highest BCUT2D eigenvalue weighted by molar-refractivity contribution is 5.89. The van der Waals surface area contributed by atoms with Gasteiger partial charge in [-0.1, -0.05) is 13.3 Å². The van der Waals surface area contributed by atoms with Crippen LogP contribution in [0.5, 0.6) is 0 Å². The van der Waals surface area contributed by atoms with Gasteiger partial charge in [-0.15, -0.1) is 0 Å². The number of rotatable bonds is 5. The lowest BCUT2D eigenvalue weighted by molar-refractivity contribution is -0.147. The lowest BCUT2D eigenvalue weighted by Crippen LogP contribution is -2.27. The van der Waals surface area contributed by atoms with Crippen LogP contribution in [0, 0.1) is 0 Å². The van der Waals surface area contributed by atoms with E-state index in [1.807, 2.05) is 6.92 Å². The third-order valence-corrected chi connectivity index (χ3v) is 3.17. The molecule has 1 aromatic heterocycles. The summed E-state index contributed by atoms with van der Waals surface area (Å²) >= 11 is 0. The van der Waals surface area contributed by atoms with E-state index in [2.05, 4.69) is 5.10 Å². The van der Waals surface area contributed by atoms with Crippen molar-refractivity contribution < 1.29 is 19.1 Å². The number of aromatic nitrogens is 2. The van der Waals surface area contributed by atoms with Crippen LogP contribution in [0.2, 0.25) is 0 Å². The maximum atomic E-state index is 12.0. The van der Waals surface area contributed by atoms with Gasteiger partial charge in [0.05, 0.1) is 0 Å². The van der Waals surface area contributed by atoms with E-state index in [0.29, 0.717) is 13.0 Å². The number of unbranched alkanes of at least 4 members (excludes halogenated alkanes) is 1. The van der Waals surface area contributed by atoms with E-state index in [0.717, 1.165) is 12.8 Å². The normalized spacial score (nSPS) is 21.1. The molecule has 1 saturated heterocycles. The van der Waals surface area contributed by atoms with Gasteiger partial charge in [0.15, 0.2) is 5.69 Å². The van der Waals surface area contributed by atoms with Crippen LogP contribution in [0.1, 0.15) is 43.6 Å². The SMILES string of the molecule is CCCCn1nc(C(=O)O[C@@H]2C[C@H](C)OC2=O)ccc1=O. The first kappa shape index (κ1) is 15.2. The fourth-order valence-electron chi connectivity index (χ4n) is 2.03. The van der Waals surface area contributed by atoms with Crippen molar-refractivity contribution in [2.45, 2.75) is 51.9 Å². The van der Waals surface area contributed by atoms with Gasteiger partial charge in [-0.3, -0.25) is 4.79 Å². The van der Waals surface area contributed by atoms with E-state index < -0.39 is 18.0 Å². The van der Waals surface area contributed by atoms with Crippen LogP contribution in [0.25, 0.3) is 0 Å². The van der Waals surface area contributed by atoms with Crippen LogP contribution >= 0.6 is 0 Å². The molecule has 7 heteroatoms. The van der Waals surface area contributed by atoms with Crippen molar-refractivity contribution in [1.82, 2.24) is 9.78 Å². The summed E-state index contributed by atoms with van der Waals surface area (Å²) in [5.74, 6) is -1.27. The Bertz CT molecular complexity index is 595. The predicted molar refractivity (Wildman–Crippen MR) is 72.8 cm³/mol. The third kappa shape index (κ3) is 3.68. The van der Waals surface area contributed by atoms with Gasteiger partial charge in [0, 0.05) is 19.0 Å². The van der Waals surface area contributed by atoms with Gasteiger partial charge in [-0.25, -0.2) is 14.3 Å². The molecule has 0 N–H and O–H groups in total. The van der Waals surface area contributed by atoms with Crippen LogP contribution in [-0.2, 0) is 20.8 Å². The predicted octanol–water partition coefficient (Wildman–Crippen LogP) is 0.904. The van der Waals surface area contributed by atoms with Crippen LogP contribution in [0.3, 0.4) is 0 Å². The highest BCUT2D eigenvalue weighted by atomic mass is 16.6. The first-order chi connectivity index (χ1) is 10.0. The molecule has 2 heterocycles. The Kier molecular flexibility index (Phi) is 4.72. The van der Waals surface area contributed by atoms with Crippen LogP contribution in [0.15, 0.2) is 16.9 Å². The Hall–Kier alpha value is -2.18. The van der Waals surface area contributed by atoms with Crippen molar-refractivity contribution in [3.05, 3.63) is 28.2 Å². The van der Waals surface area contributed by atoms with Crippen LogP contribution < -0.4 is 5.56 Å². The minimum atomic E-state index is -0.898. The number of aryl methyl sites for hydroxylation is 1. The van der Waals surface area contributed by atoms with Crippen molar-refractivity contribution in [2.24, 2.45) is 0 Å². The van der Waals surface area contributed by atoms with E-state index in [1.54, 1.807) is 6.92 Å². The van der Waals surface area contributed by atoms with Gasteiger partial charge < -0.3 is 9.47 Å². The van der Waals surface area contributed by atoms with Crippen molar-refractivity contribution in [3.63, 3.8) is 0 Å². The van der Waals surface area contributed by atoms with Gasteiger partial charge in [0.25, 0.3) is 5.56 Å². The van der Waals surface area contributed by atoms with Crippen LogP contribution in [-0.4, -0.2) is 33.9 Å². The monoisotopic (exact) mass is 294 g/mol. The molecule has 2 atom stereocenters. The number of carbonyl (C=O) groups excluding carboxylic acids is 2. The molecule has 21 heavy (non-hydrogen) atoms. The molecule has 0 spiro atoms. The largest absolute Gasteiger partial charge is 0.460 e. The van der Waals surface area contributed by atoms with Crippen molar-refractivity contribution in [2.75, 3.05) is 0 Å². The minimum Gasteiger partial charge on any atom is -0.460 e. The number of hydrogen-bond donors (Lipinski definition) is 0. The maximum absolute atomic E-state index is 12.0. The fourth-order valence-corrected chi connectivity index (χ4v) is 2.03. The summed E-state index contributed by atoms with van der Waals surface area (Å²) in [5, 5.41) is 3.97. The van der Waals surface area contributed by atoms with Crippen LogP contribution in [0.4, 0.5) is 0 Å². The Labute approximate surface area is 121 Å². The molecule has 2 rings (SSSR count). The molecular weight excluding hydrogens is 276 g/mol. The zero-order valence-corrected chi connectivity index (χ0v) is 12.1. The second-order valence-electron chi connectivity index (χ2n) is 5.01. The van der Waals surface area contributed by atoms with Gasteiger partial charge in [-0.2, -0.15) is 5.10 Å². The second-order valence-corrected chi connectivity index (χ2v) is 5.01. The molecule has 114 valence electrons. The first-order valence-electron chi connectivity index (χ1n) is 7.01. The molecule has 0 radical (unpaired) electrons. The number of hydrogen-bond acceptors (Lipinski definition) is 6. The summed E-state index contributed by atoms with van der Waals surface area (Å²) < 4.78 is 11.2. The maximum Gasteiger partial charge on any atom is 0.359 e. The molecule has 1 aliphatic heterocycles. The summed E-state index contributed by atoms with van der Waals surface area (Å²) in [5.41, 5.74) is -0.257. The molecule has 1 aliphatic rings. The van der Waals surface area contributed by atoms with E-state index in [9.17, 15) is 14.4 Å². The second kappa shape index (κ2) is 6.51. The van der Waals surface area contributed by atoms with E-state index in [4.69, 9.17) is 9.47 Å². The molecule has 0 saturated carbocycles.